The van der Waals surface area contributed by atoms with E-state index in [1.54, 1.807) is 5.38 Å². The van der Waals surface area contributed by atoms with Crippen molar-refractivity contribution in [2.45, 2.75) is 48.7 Å². The van der Waals surface area contributed by atoms with Gasteiger partial charge >= 0.3 is 0 Å². The third-order valence-electron chi connectivity index (χ3n) is 5.23. The average molecular weight is 422 g/mol. The second-order valence-electron chi connectivity index (χ2n) is 6.91. The van der Waals surface area contributed by atoms with Crippen molar-refractivity contribution in [2.75, 3.05) is 26.3 Å². The monoisotopic (exact) mass is 421 g/mol. The maximum atomic E-state index is 12.9. The Kier molecular flexibility index (Phi) is 6.25. The van der Waals surface area contributed by atoms with Crippen LogP contribution in [-0.4, -0.2) is 63.1 Å². The van der Waals surface area contributed by atoms with Gasteiger partial charge in [-0.1, -0.05) is 0 Å². The molecule has 3 fully saturated rings. The molecule has 2 atom stereocenters. The molecule has 2 bridgehead atoms. The summed E-state index contributed by atoms with van der Waals surface area (Å²) >= 11 is 1.19. The van der Waals surface area contributed by atoms with Crippen LogP contribution in [0.3, 0.4) is 0 Å². The van der Waals surface area contributed by atoms with Crippen LogP contribution in [0.15, 0.2) is 16.3 Å². The molecule has 0 spiro atoms. The van der Waals surface area contributed by atoms with Gasteiger partial charge in [0.05, 0.1) is 13.2 Å². The fourth-order valence-corrected chi connectivity index (χ4v) is 6.73. The van der Waals surface area contributed by atoms with Crippen molar-refractivity contribution in [1.29, 1.82) is 0 Å². The van der Waals surface area contributed by atoms with Crippen molar-refractivity contribution in [2.24, 2.45) is 0 Å². The summed E-state index contributed by atoms with van der Waals surface area (Å²) in [7, 11) is -3.65. The molecule has 3 saturated heterocycles. The first-order chi connectivity index (χ1) is 12.0. The van der Waals surface area contributed by atoms with E-state index in [2.05, 4.69) is 10.6 Å². The number of ether oxygens (including phenoxy) is 1. The van der Waals surface area contributed by atoms with Crippen molar-refractivity contribution in [1.82, 2.24) is 14.9 Å². The van der Waals surface area contributed by atoms with E-state index in [0.29, 0.717) is 38.4 Å². The Morgan fingerprint density at radius 2 is 1.88 bits per heavy atom. The molecule has 146 valence electrons. The SMILES string of the molecule is Cl.O=C(NC1CC2CCC(C1)N2)c1sccc1S(=O)(=O)N1CCOCC1. The lowest BCUT2D eigenvalue weighted by atomic mass is 10.00. The van der Waals surface area contributed by atoms with E-state index in [-0.39, 0.29) is 34.1 Å². The van der Waals surface area contributed by atoms with Gasteiger partial charge in [0, 0.05) is 31.2 Å². The molecule has 4 rings (SSSR count). The first-order valence-corrected chi connectivity index (χ1v) is 11.1. The van der Waals surface area contributed by atoms with Gasteiger partial charge < -0.3 is 15.4 Å². The van der Waals surface area contributed by atoms with Crippen molar-refractivity contribution in [3.05, 3.63) is 16.3 Å². The van der Waals surface area contributed by atoms with Gasteiger partial charge in [0.25, 0.3) is 5.91 Å². The number of halogens is 1. The molecule has 0 radical (unpaired) electrons. The van der Waals surface area contributed by atoms with Crippen LogP contribution in [0.5, 0.6) is 0 Å². The molecule has 1 aromatic rings. The van der Waals surface area contributed by atoms with Gasteiger partial charge in [-0.15, -0.1) is 23.7 Å². The smallest absolute Gasteiger partial charge is 0.262 e. The molecule has 0 aromatic carbocycles. The lowest BCUT2D eigenvalue weighted by Crippen LogP contribution is -2.48. The van der Waals surface area contributed by atoms with Crippen molar-refractivity contribution in [3.8, 4) is 0 Å². The molecular formula is C16H24ClN3O4S2. The zero-order valence-electron chi connectivity index (χ0n) is 14.3. The minimum absolute atomic E-state index is 0. The molecule has 3 aliphatic rings. The summed E-state index contributed by atoms with van der Waals surface area (Å²) in [5, 5.41) is 8.28. The summed E-state index contributed by atoms with van der Waals surface area (Å²) < 4.78 is 32.4. The van der Waals surface area contributed by atoms with Gasteiger partial charge in [-0.25, -0.2) is 8.42 Å². The number of thiophene rings is 1. The second kappa shape index (κ2) is 8.12. The molecule has 0 aliphatic carbocycles. The van der Waals surface area contributed by atoms with Crippen LogP contribution in [0.25, 0.3) is 0 Å². The summed E-state index contributed by atoms with van der Waals surface area (Å²) in [6, 6.07) is 2.61. The number of nitrogens with one attached hydrogen (secondary N) is 2. The Morgan fingerprint density at radius 3 is 2.54 bits per heavy atom. The molecule has 1 amide bonds. The third kappa shape index (κ3) is 3.93. The van der Waals surface area contributed by atoms with Crippen LogP contribution in [0.4, 0.5) is 0 Å². The van der Waals surface area contributed by atoms with Gasteiger partial charge in [-0.3, -0.25) is 4.79 Å². The second-order valence-corrected chi connectivity index (χ2v) is 9.73. The third-order valence-corrected chi connectivity index (χ3v) is 8.21. The molecule has 10 heteroatoms. The fourth-order valence-electron chi connectivity index (χ4n) is 4.02. The zero-order valence-corrected chi connectivity index (χ0v) is 16.8. The predicted octanol–water partition coefficient (Wildman–Crippen LogP) is 1.20. The molecule has 4 heterocycles. The number of hydrogen-bond donors (Lipinski definition) is 2. The summed E-state index contributed by atoms with van der Waals surface area (Å²) in [6.07, 6.45) is 4.15. The standard InChI is InChI=1S/C16H23N3O4S2.ClH/c20-16(18-13-9-11-1-2-12(10-13)17-11)15-14(3-8-24-15)25(21,22)19-4-6-23-7-5-19;/h3,8,11-13,17H,1-2,4-7,9-10H2,(H,18,20);1H. The number of nitrogens with zero attached hydrogens (tertiary/aromatic N) is 1. The van der Waals surface area contributed by atoms with Crippen LogP contribution < -0.4 is 10.6 Å². The number of rotatable bonds is 4. The number of fused-ring (bicyclic) bond motifs is 2. The number of hydrogen-bond acceptors (Lipinski definition) is 6. The fraction of sp³-hybridized carbons (Fsp3) is 0.688. The minimum Gasteiger partial charge on any atom is -0.379 e. The highest BCUT2D eigenvalue weighted by Crippen LogP contribution is 2.29. The molecule has 7 nitrogen and oxygen atoms in total. The number of carbonyl (C=O) groups excluding carboxylic acids is 1. The molecule has 26 heavy (non-hydrogen) atoms. The summed E-state index contributed by atoms with van der Waals surface area (Å²) in [6.45, 7) is 1.44. The Hall–Kier alpha value is -0.710. The first-order valence-electron chi connectivity index (χ1n) is 8.76. The van der Waals surface area contributed by atoms with Crippen molar-refractivity contribution >= 4 is 39.7 Å². The highest BCUT2D eigenvalue weighted by Gasteiger charge is 2.36. The molecule has 3 aliphatic heterocycles. The van der Waals surface area contributed by atoms with Gasteiger partial charge in [0.15, 0.2) is 0 Å². The Labute approximate surface area is 163 Å². The quantitative estimate of drug-likeness (QED) is 0.762. The molecule has 2 unspecified atom stereocenters. The van der Waals surface area contributed by atoms with E-state index in [1.165, 1.54) is 21.7 Å². The van der Waals surface area contributed by atoms with E-state index >= 15 is 0 Å². The van der Waals surface area contributed by atoms with E-state index in [4.69, 9.17) is 4.74 Å². The van der Waals surface area contributed by atoms with Crippen LogP contribution >= 0.6 is 23.7 Å². The summed E-state index contributed by atoms with van der Waals surface area (Å²) in [4.78, 5) is 13.1. The van der Waals surface area contributed by atoms with Gasteiger partial charge in [0.2, 0.25) is 10.0 Å². The maximum absolute atomic E-state index is 12.9. The lowest BCUT2D eigenvalue weighted by molar-refractivity contribution is 0.0730. The van der Waals surface area contributed by atoms with Crippen LogP contribution in [-0.2, 0) is 14.8 Å². The van der Waals surface area contributed by atoms with E-state index < -0.39 is 10.0 Å². The summed E-state index contributed by atoms with van der Waals surface area (Å²) in [5.41, 5.74) is 0. The van der Waals surface area contributed by atoms with Crippen molar-refractivity contribution < 1.29 is 17.9 Å². The molecule has 0 saturated carbocycles. The highest BCUT2D eigenvalue weighted by molar-refractivity contribution is 7.89. The number of piperidine rings is 1. The van der Waals surface area contributed by atoms with Gasteiger partial charge in [-0.2, -0.15) is 4.31 Å². The first kappa shape index (κ1) is 20.0. The minimum atomic E-state index is -3.65. The Bertz CT molecular complexity index is 736. The highest BCUT2D eigenvalue weighted by atomic mass is 35.5. The molecule has 1 aromatic heterocycles. The largest absolute Gasteiger partial charge is 0.379 e. The Balaban J connectivity index is 0.00000196. The summed E-state index contributed by atoms with van der Waals surface area (Å²) in [5.74, 6) is -0.270. The van der Waals surface area contributed by atoms with E-state index in [9.17, 15) is 13.2 Å². The average Bonchev–Trinajstić information content (AvgIpc) is 3.23. The van der Waals surface area contributed by atoms with E-state index in [0.717, 1.165) is 25.7 Å². The number of carbonyl (C=O) groups is 1. The molecule has 2 N–H and O–H groups in total. The number of morpholine rings is 1. The van der Waals surface area contributed by atoms with Crippen LogP contribution in [0.2, 0.25) is 0 Å². The van der Waals surface area contributed by atoms with Crippen LogP contribution in [0.1, 0.15) is 35.4 Å². The predicted molar refractivity (Wildman–Crippen MR) is 102 cm³/mol. The maximum Gasteiger partial charge on any atom is 0.262 e. The number of sulfonamides is 1. The topological polar surface area (TPSA) is 87.7 Å². The zero-order chi connectivity index (χ0) is 17.4. The number of amides is 1. The molecular weight excluding hydrogens is 398 g/mol. The Morgan fingerprint density at radius 1 is 1.23 bits per heavy atom. The van der Waals surface area contributed by atoms with Gasteiger partial charge in [0.1, 0.15) is 9.77 Å². The van der Waals surface area contributed by atoms with Crippen LogP contribution in [0, 0.1) is 0 Å². The van der Waals surface area contributed by atoms with E-state index in [1.807, 2.05) is 0 Å². The lowest BCUT2D eigenvalue weighted by Gasteiger charge is -2.30. The van der Waals surface area contributed by atoms with Crippen molar-refractivity contribution in [3.63, 3.8) is 0 Å². The normalized spacial score (nSPS) is 29.2. The van der Waals surface area contributed by atoms with Gasteiger partial charge in [-0.05, 0) is 37.1 Å².